The monoisotopic (exact) mass is 321 g/mol. The van der Waals surface area contributed by atoms with E-state index >= 15 is 0 Å². The lowest BCUT2D eigenvalue weighted by atomic mass is 10.1. The first-order chi connectivity index (χ1) is 8.78. The van der Waals surface area contributed by atoms with Crippen LogP contribution >= 0.6 is 12.4 Å². The Morgan fingerprint density at radius 3 is 2.30 bits per heavy atom. The zero-order valence-corrected chi connectivity index (χ0v) is 14.0. The van der Waals surface area contributed by atoms with E-state index in [2.05, 4.69) is 23.5 Å². The first-order valence-electron chi connectivity index (χ1n) is 6.40. The van der Waals surface area contributed by atoms with Gasteiger partial charge in [0.2, 0.25) is 10.0 Å². The molecule has 0 aliphatic carbocycles. The maximum Gasteiger partial charge on any atom is 0.209 e. The Kier molecular flexibility index (Phi) is 7.33. The minimum atomic E-state index is -3.25. The Bertz CT molecular complexity index is 530. The standard InChI is InChI=1S/C13H23N3O2S.ClH/c1-5-16(6-2)11-7-8-13(14)12(9-11)10(3)15-19(4,17)18;/h7-10,15H,5-6,14H2,1-4H3;1H. The summed E-state index contributed by atoms with van der Waals surface area (Å²) in [6.07, 6.45) is 1.15. The fourth-order valence-corrected chi connectivity index (χ4v) is 2.88. The maximum absolute atomic E-state index is 11.3. The molecular weight excluding hydrogens is 298 g/mol. The van der Waals surface area contributed by atoms with Gasteiger partial charge >= 0.3 is 0 Å². The SMILES string of the molecule is CCN(CC)c1ccc(N)c(C(C)NS(C)(=O)=O)c1.Cl. The van der Waals surface area contributed by atoms with Gasteiger partial charge in [-0.2, -0.15) is 0 Å². The van der Waals surface area contributed by atoms with Crippen LogP contribution in [0.1, 0.15) is 32.4 Å². The number of hydrogen-bond donors (Lipinski definition) is 2. The van der Waals surface area contributed by atoms with Crippen molar-refractivity contribution in [2.45, 2.75) is 26.8 Å². The van der Waals surface area contributed by atoms with Crippen molar-refractivity contribution in [3.63, 3.8) is 0 Å². The Balaban J connectivity index is 0.00000361. The van der Waals surface area contributed by atoms with Crippen LogP contribution in [-0.2, 0) is 10.0 Å². The van der Waals surface area contributed by atoms with Gasteiger partial charge in [-0.3, -0.25) is 0 Å². The lowest BCUT2D eigenvalue weighted by Gasteiger charge is -2.23. The fourth-order valence-electron chi connectivity index (χ4n) is 2.11. The van der Waals surface area contributed by atoms with Gasteiger partial charge < -0.3 is 10.6 Å². The molecule has 3 N–H and O–H groups in total. The molecule has 1 rings (SSSR count). The van der Waals surface area contributed by atoms with Gasteiger partial charge in [-0.25, -0.2) is 13.1 Å². The number of nitrogens with two attached hydrogens (primary N) is 1. The van der Waals surface area contributed by atoms with Gasteiger partial charge in [0.15, 0.2) is 0 Å². The van der Waals surface area contributed by atoms with Gasteiger partial charge in [-0.15, -0.1) is 12.4 Å². The van der Waals surface area contributed by atoms with Gasteiger partial charge in [0.05, 0.1) is 6.26 Å². The predicted molar refractivity (Wildman–Crippen MR) is 88.1 cm³/mol. The first-order valence-corrected chi connectivity index (χ1v) is 8.29. The number of nitrogen functional groups attached to an aromatic ring is 1. The van der Waals surface area contributed by atoms with Crippen LogP contribution < -0.4 is 15.4 Å². The molecule has 5 nitrogen and oxygen atoms in total. The summed E-state index contributed by atoms with van der Waals surface area (Å²) >= 11 is 0. The molecule has 1 unspecified atom stereocenters. The summed E-state index contributed by atoms with van der Waals surface area (Å²) in [4.78, 5) is 2.19. The second kappa shape index (κ2) is 7.71. The summed E-state index contributed by atoms with van der Waals surface area (Å²) in [6, 6.07) is 5.39. The molecule has 0 heterocycles. The minimum Gasteiger partial charge on any atom is -0.398 e. The Hall–Kier alpha value is -0.980. The van der Waals surface area contributed by atoms with E-state index in [1.165, 1.54) is 0 Å². The number of rotatable bonds is 6. The molecule has 0 fully saturated rings. The van der Waals surface area contributed by atoms with E-state index in [-0.39, 0.29) is 18.4 Å². The molecule has 1 aromatic carbocycles. The molecule has 0 amide bonds. The van der Waals surface area contributed by atoms with E-state index in [1.807, 2.05) is 18.2 Å². The molecule has 0 aliphatic heterocycles. The zero-order valence-electron chi connectivity index (χ0n) is 12.4. The van der Waals surface area contributed by atoms with Crippen LogP contribution in [0, 0.1) is 0 Å². The molecular formula is C13H24ClN3O2S. The molecule has 20 heavy (non-hydrogen) atoms. The Morgan fingerprint density at radius 1 is 1.30 bits per heavy atom. The predicted octanol–water partition coefficient (Wildman–Crippen LogP) is 2.15. The smallest absolute Gasteiger partial charge is 0.209 e. The van der Waals surface area contributed by atoms with E-state index in [0.29, 0.717) is 5.69 Å². The lowest BCUT2D eigenvalue weighted by molar-refractivity contribution is 0.573. The Labute approximate surface area is 128 Å². The van der Waals surface area contributed by atoms with E-state index in [4.69, 9.17) is 5.73 Å². The second-order valence-corrected chi connectivity index (χ2v) is 6.38. The number of anilines is 2. The third-order valence-corrected chi connectivity index (χ3v) is 3.84. The summed E-state index contributed by atoms with van der Waals surface area (Å²) in [5.41, 5.74) is 8.39. The highest BCUT2D eigenvalue weighted by Gasteiger charge is 2.15. The van der Waals surface area contributed by atoms with E-state index in [9.17, 15) is 8.42 Å². The summed E-state index contributed by atoms with van der Waals surface area (Å²) in [6.45, 7) is 7.75. The van der Waals surface area contributed by atoms with Gasteiger partial charge in [-0.05, 0) is 44.5 Å². The molecule has 0 radical (unpaired) electrons. The number of nitrogens with one attached hydrogen (secondary N) is 1. The average molecular weight is 322 g/mol. The molecule has 0 bridgehead atoms. The summed E-state index contributed by atoms with van der Waals surface area (Å²) in [5.74, 6) is 0. The zero-order chi connectivity index (χ0) is 14.6. The molecule has 116 valence electrons. The Morgan fingerprint density at radius 2 is 1.85 bits per heavy atom. The lowest BCUT2D eigenvalue weighted by Crippen LogP contribution is -2.27. The normalized spacial score (nSPS) is 12.6. The average Bonchev–Trinajstić information content (AvgIpc) is 2.30. The van der Waals surface area contributed by atoms with Gasteiger partial charge in [0.1, 0.15) is 0 Å². The molecule has 7 heteroatoms. The minimum absolute atomic E-state index is 0. The number of sulfonamides is 1. The van der Waals surface area contributed by atoms with Crippen molar-refractivity contribution in [3.8, 4) is 0 Å². The molecule has 1 aromatic rings. The quantitative estimate of drug-likeness (QED) is 0.787. The van der Waals surface area contributed by atoms with Gasteiger partial charge in [0, 0.05) is 30.5 Å². The highest BCUT2D eigenvalue weighted by atomic mass is 35.5. The third kappa shape index (κ3) is 5.19. The summed E-state index contributed by atoms with van der Waals surface area (Å²) < 4.78 is 25.1. The van der Waals surface area contributed by atoms with E-state index < -0.39 is 10.0 Å². The first kappa shape index (κ1) is 19.0. The fraction of sp³-hybridized carbons (Fsp3) is 0.538. The van der Waals surface area contributed by atoms with Crippen molar-refractivity contribution in [2.24, 2.45) is 0 Å². The summed E-state index contributed by atoms with van der Waals surface area (Å²) in [5, 5.41) is 0. The molecule has 0 spiro atoms. The van der Waals surface area contributed by atoms with Crippen LogP contribution in [0.4, 0.5) is 11.4 Å². The number of halogens is 1. The molecule has 0 saturated carbocycles. The highest BCUT2D eigenvalue weighted by molar-refractivity contribution is 7.88. The van der Waals surface area contributed by atoms with Crippen LogP contribution in [-0.4, -0.2) is 27.8 Å². The van der Waals surface area contributed by atoms with Crippen molar-refractivity contribution < 1.29 is 8.42 Å². The van der Waals surface area contributed by atoms with Crippen LogP contribution in [0.15, 0.2) is 18.2 Å². The van der Waals surface area contributed by atoms with Gasteiger partial charge in [0.25, 0.3) is 0 Å². The third-order valence-electron chi connectivity index (χ3n) is 3.06. The number of hydrogen-bond acceptors (Lipinski definition) is 4. The van der Waals surface area contributed by atoms with Crippen molar-refractivity contribution in [3.05, 3.63) is 23.8 Å². The van der Waals surface area contributed by atoms with Crippen molar-refractivity contribution >= 4 is 33.8 Å². The highest BCUT2D eigenvalue weighted by Crippen LogP contribution is 2.26. The molecule has 1 atom stereocenters. The van der Waals surface area contributed by atoms with Crippen molar-refractivity contribution in [1.29, 1.82) is 0 Å². The maximum atomic E-state index is 11.3. The number of nitrogens with zero attached hydrogens (tertiary/aromatic N) is 1. The number of benzene rings is 1. The summed E-state index contributed by atoms with van der Waals surface area (Å²) in [7, 11) is -3.25. The van der Waals surface area contributed by atoms with Crippen molar-refractivity contribution in [1.82, 2.24) is 4.72 Å². The van der Waals surface area contributed by atoms with Gasteiger partial charge in [-0.1, -0.05) is 0 Å². The van der Waals surface area contributed by atoms with E-state index in [1.54, 1.807) is 6.92 Å². The molecule has 0 aliphatic rings. The van der Waals surface area contributed by atoms with Crippen LogP contribution in [0.2, 0.25) is 0 Å². The molecule has 0 aromatic heterocycles. The van der Waals surface area contributed by atoms with Crippen LogP contribution in [0.5, 0.6) is 0 Å². The largest absolute Gasteiger partial charge is 0.398 e. The molecule has 0 saturated heterocycles. The topological polar surface area (TPSA) is 75.4 Å². The second-order valence-electron chi connectivity index (χ2n) is 4.60. The van der Waals surface area contributed by atoms with E-state index in [0.717, 1.165) is 30.6 Å². The van der Waals surface area contributed by atoms with Crippen LogP contribution in [0.3, 0.4) is 0 Å². The van der Waals surface area contributed by atoms with Crippen LogP contribution in [0.25, 0.3) is 0 Å². The van der Waals surface area contributed by atoms with Crippen molar-refractivity contribution in [2.75, 3.05) is 30.0 Å².